The summed E-state index contributed by atoms with van der Waals surface area (Å²) in [4.78, 5) is 38.4. The largest absolute Gasteiger partial charge is 0.465 e. The average molecular weight is 608 g/mol. The summed E-state index contributed by atoms with van der Waals surface area (Å²) in [5.41, 5.74) is 1.74. The number of hydrogen-bond donors (Lipinski definition) is 0. The van der Waals surface area contributed by atoms with Crippen LogP contribution in [0.3, 0.4) is 0 Å². The number of allylic oxidation sites excluding steroid dienone is 3. The number of ketones is 2. The Balaban J connectivity index is 1.87. The van der Waals surface area contributed by atoms with E-state index in [0.29, 0.717) is 9.99 Å². The van der Waals surface area contributed by atoms with Gasteiger partial charge in [-0.2, -0.15) is 0 Å². The molecule has 0 aromatic heterocycles. The van der Waals surface area contributed by atoms with Crippen LogP contribution in [0.4, 0.5) is 0 Å². The molecular formula is C25H20Br2O4S2. The summed E-state index contributed by atoms with van der Waals surface area (Å²) in [7, 11) is 0. The monoisotopic (exact) mass is 606 g/mol. The number of rotatable bonds is 8. The minimum Gasteiger partial charge on any atom is -0.465 e. The van der Waals surface area contributed by atoms with Crippen LogP contribution in [-0.2, 0) is 19.1 Å². The lowest BCUT2D eigenvalue weighted by atomic mass is 10.1. The lowest BCUT2D eigenvalue weighted by Gasteiger charge is -2.07. The molecule has 1 heterocycles. The SMILES string of the molecule is CCOC(=O)C1CSC(=C(C(=O)/C=C/c2ccc(Br)cc2)C(=O)/C=C/c2ccc(Br)cc2)S1. The number of carbonyl (C=O) groups is 3. The van der Waals surface area contributed by atoms with Gasteiger partial charge < -0.3 is 4.74 Å². The third kappa shape index (κ3) is 7.57. The minimum absolute atomic E-state index is 0.0681. The zero-order valence-corrected chi connectivity index (χ0v) is 22.4. The van der Waals surface area contributed by atoms with Crippen LogP contribution in [0.15, 0.2) is 79.4 Å². The van der Waals surface area contributed by atoms with E-state index in [-0.39, 0.29) is 18.1 Å². The number of thioether (sulfide) groups is 2. The first kappa shape index (κ1) is 25.7. The third-order valence-electron chi connectivity index (χ3n) is 4.46. The van der Waals surface area contributed by atoms with Crippen molar-refractivity contribution in [2.24, 2.45) is 0 Å². The van der Waals surface area contributed by atoms with Crippen molar-refractivity contribution in [2.45, 2.75) is 12.2 Å². The van der Waals surface area contributed by atoms with E-state index in [2.05, 4.69) is 31.9 Å². The van der Waals surface area contributed by atoms with Gasteiger partial charge in [0.15, 0.2) is 11.6 Å². The van der Waals surface area contributed by atoms with E-state index in [1.54, 1.807) is 19.1 Å². The summed E-state index contributed by atoms with van der Waals surface area (Å²) >= 11 is 9.32. The highest BCUT2D eigenvalue weighted by atomic mass is 79.9. The van der Waals surface area contributed by atoms with Gasteiger partial charge in [-0.3, -0.25) is 14.4 Å². The van der Waals surface area contributed by atoms with E-state index in [9.17, 15) is 14.4 Å². The molecule has 3 rings (SSSR count). The molecule has 1 atom stereocenters. The molecule has 1 saturated heterocycles. The Hall–Kier alpha value is -1.87. The summed E-state index contributed by atoms with van der Waals surface area (Å²) in [5, 5.41) is -0.438. The molecule has 0 spiro atoms. The van der Waals surface area contributed by atoms with Crippen LogP contribution in [-0.4, -0.2) is 35.1 Å². The maximum Gasteiger partial charge on any atom is 0.320 e. The fourth-order valence-corrected chi connectivity index (χ4v) is 6.17. The molecular weight excluding hydrogens is 588 g/mol. The van der Waals surface area contributed by atoms with Gasteiger partial charge in [-0.25, -0.2) is 0 Å². The van der Waals surface area contributed by atoms with Crippen molar-refractivity contribution in [3.8, 4) is 0 Å². The van der Waals surface area contributed by atoms with Crippen molar-refractivity contribution < 1.29 is 19.1 Å². The van der Waals surface area contributed by atoms with Crippen LogP contribution >= 0.6 is 55.4 Å². The number of ether oxygens (including phenoxy) is 1. The van der Waals surface area contributed by atoms with Crippen LogP contribution in [0.25, 0.3) is 12.2 Å². The average Bonchev–Trinajstić information content (AvgIpc) is 3.28. The standard InChI is InChI=1S/C25H20Br2O4S2/c1-2-31-24(30)22-15-32-25(33-22)23(20(28)13-7-16-3-9-18(26)10-4-16)21(29)14-8-17-5-11-19(27)12-6-17/h3-14,22H,2,15H2,1H3/b13-7+,14-8+. The van der Waals surface area contributed by atoms with E-state index < -0.39 is 16.8 Å². The predicted octanol–water partition coefficient (Wildman–Crippen LogP) is 6.70. The molecule has 1 aliphatic heterocycles. The molecule has 170 valence electrons. The van der Waals surface area contributed by atoms with Gasteiger partial charge in [-0.1, -0.05) is 68.3 Å². The highest BCUT2D eigenvalue weighted by Crippen LogP contribution is 2.44. The summed E-state index contributed by atoms with van der Waals surface area (Å²) in [6, 6.07) is 15.0. The highest BCUT2D eigenvalue weighted by molar-refractivity contribution is 9.10. The van der Waals surface area contributed by atoms with Crippen LogP contribution in [0.1, 0.15) is 18.1 Å². The summed E-state index contributed by atoms with van der Waals surface area (Å²) in [6.07, 6.45) is 6.15. The molecule has 2 aromatic rings. The van der Waals surface area contributed by atoms with Crippen LogP contribution < -0.4 is 0 Å². The van der Waals surface area contributed by atoms with Gasteiger partial charge in [0, 0.05) is 14.7 Å². The molecule has 0 N–H and O–H groups in total. The topological polar surface area (TPSA) is 60.4 Å². The van der Waals surface area contributed by atoms with Gasteiger partial charge in [0.2, 0.25) is 0 Å². The Morgan fingerprint density at radius 3 is 1.85 bits per heavy atom. The van der Waals surface area contributed by atoms with Crippen molar-refractivity contribution in [2.75, 3.05) is 12.4 Å². The number of benzene rings is 2. The van der Waals surface area contributed by atoms with Crippen molar-refractivity contribution in [3.63, 3.8) is 0 Å². The second-order valence-corrected chi connectivity index (χ2v) is 11.2. The van der Waals surface area contributed by atoms with E-state index in [4.69, 9.17) is 4.74 Å². The molecule has 1 fully saturated rings. The second-order valence-electron chi connectivity index (χ2n) is 6.83. The van der Waals surface area contributed by atoms with Crippen molar-refractivity contribution in [3.05, 3.63) is 90.6 Å². The van der Waals surface area contributed by atoms with Gasteiger partial charge in [0.1, 0.15) is 5.25 Å². The lowest BCUT2D eigenvalue weighted by molar-refractivity contribution is -0.142. The summed E-state index contributed by atoms with van der Waals surface area (Å²) < 4.78 is 7.52. The molecule has 0 bridgehead atoms. The lowest BCUT2D eigenvalue weighted by Crippen LogP contribution is -2.19. The van der Waals surface area contributed by atoms with Crippen molar-refractivity contribution in [1.82, 2.24) is 0 Å². The predicted molar refractivity (Wildman–Crippen MR) is 144 cm³/mol. The number of hydrogen-bond acceptors (Lipinski definition) is 6. The molecule has 33 heavy (non-hydrogen) atoms. The first-order valence-corrected chi connectivity index (χ1v) is 13.5. The van der Waals surface area contributed by atoms with Crippen LogP contribution in [0.2, 0.25) is 0 Å². The number of halogens is 2. The van der Waals surface area contributed by atoms with Gasteiger partial charge in [-0.15, -0.1) is 23.5 Å². The molecule has 4 nitrogen and oxygen atoms in total. The Bertz CT molecular complexity index is 1050. The first-order chi connectivity index (χ1) is 15.9. The smallest absolute Gasteiger partial charge is 0.320 e. The Morgan fingerprint density at radius 1 is 0.909 bits per heavy atom. The molecule has 0 aliphatic carbocycles. The second kappa shape index (κ2) is 12.6. The van der Waals surface area contributed by atoms with E-state index in [1.165, 1.54) is 35.7 Å². The Kier molecular flexibility index (Phi) is 9.79. The van der Waals surface area contributed by atoms with Gasteiger partial charge in [-0.05, 0) is 54.5 Å². The van der Waals surface area contributed by atoms with E-state index in [0.717, 1.165) is 20.1 Å². The fraction of sp³-hybridized carbons (Fsp3) is 0.160. The van der Waals surface area contributed by atoms with Gasteiger partial charge in [0.05, 0.1) is 16.4 Å². The van der Waals surface area contributed by atoms with Crippen LogP contribution in [0, 0.1) is 0 Å². The maximum atomic E-state index is 13.1. The summed E-state index contributed by atoms with van der Waals surface area (Å²) in [6.45, 7) is 2.04. The first-order valence-electron chi connectivity index (χ1n) is 10.0. The molecule has 2 aromatic carbocycles. The summed E-state index contributed by atoms with van der Waals surface area (Å²) in [5.74, 6) is -0.679. The quantitative estimate of drug-likeness (QED) is 0.144. The van der Waals surface area contributed by atoms with E-state index >= 15 is 0 Å². The molecule has 1 unspecified atom stereocenters. The van der Waals surface area contributed by atoms with Gasteiger partial charge >= 0.3 is 5.97 Å². The third-order valence-corrected chi connectivity index (χ3v) is 8.39. The molecule has 8 heteroatoms. The molecule has 1 aliphatic rings. The normalized spacial score (nSPS) is 15.8. The van der Waals surface area contributed by atoms with Crippen LogP contribution in [0.5, 0.6) is 0 Å². The van der Waals surface area contributed by atoms with E-state index in [1.807, 2.05) is 48.5 Å². The zero-order chi connectivity index (χ0) is 23.8. The highest BCUT2D eigenvalue weighted by Gasteiger charge is 2.33. The van der Waals surface area contributed by atoms with Gasteiger partial charge in [0.25, 0.3) is 0 Å². The number of carbonyl (C=O) groups excluding carboxylic acids is 3. The Morgan fingerprint density at radius 2 is 1.39 bits per heavy atom. The maximum absolute atomic E-state index is 13.1. The van der Waals surface area contributed by atoms with Crippen molar-refractivity contribution >= 4 is 85.1 Å². The Labute approximate surface area is 218 Å². The fourth-order valence-electron chi connectivity index (χ4n) is 2.81. The minimum atomic E-state index is -0.438. The molecule has 0 amide bonds. The number of esters is 1. The molecule has 0 saturated carbocycles. The molecule has 0 radical (unpaired) electrons. The van der Waals surface area contributed by atoms with Crippen molar-refractivity contribution in [1.29, 1.82) is 0 Å². The zero-order valence-electron chi connectivity index (χ0n) is 17.6.